The molecule has 0 aromatic carbocycles. The summed E-state index contributed by atoms with van der Waals surface area (Å²) in [6.07, 6.45) is 0.530. The molecule has 1 aromatic rings. The van der Waals surface area contributed by atoms with E-state index in [0.717, 1.165) is 26.1 Å². The van der Waals surface area contributed by atoms with Crippen molar-refractivity contribution < 1.29 is 14.6 Å². The van der Waals surface area contributed by atoms with E-state index in [2.05, 4.69) is 37.8 Å². The fraction of sp³-hybridized carbons (Fsp3) is 0.765. The molecule has 0 fully saturated rings. The van der Waals surface area contributed by atoms with Gasteiger partial charge in [0.25, 0.3) is 0 Å². The fourth-order valence-electron chi connectivity index (χ4n) is 2.25. The van der Waals surface area contributed by atoms with Gasteiger partial charge in [0.2, 0.25) is 0 Å². The number of aliphatic hydroxyl groups is 1. The van der Waals surface area contributed by atoms with Gasteiger partial charge in [0.05, 0.1) is 12.7 Å². The lowest BCUT2D eigenvalue weighted by Crippen LogP contribution is -2.35. The van der Waals surface area contributed by atoms with Gasteiger partial charge in [0.1, 0.15) is 0 Å². The van der Waals surface area contributed by atoms with Gasteiger partial charge in [-0.1, -0.05) is 13.8 Å². The molecule has 1 aromatic heterocycles. The smallest absolute Gasteiger partial charge is 0.0900 e. The van der Waals surface area contributed by atoms with Crippen LogP contribution in [0.1, 0.15) is 30.0 Å². The fourth-order valence-corrected chi connectivity index (χ4v) is 3.18. The highest BCUT2D eigenvalue weighted by Gasteiger charge is 2.13. The van der Waals surface area contributed by atoms with E-state index in [9.17, 15) is 5.11 Å². The lowest BCUT2D eigenvalue weighted by atomic mass is 10.2. The molecular formula is C17H31NO3S. The Morgan fingerprint density at radius 1 is 1.27 bits per heavy atom. The Morgan fingerprint density at radius 2 is 2.05 bits per heavy atom. The SMILES string of the molecule is COCCCN(Cc1ccc(C)s1)CC(O)COCC(C)C. The summed E-state index contributed by atoms with van der Waals surface area (Å²) in [4.78, 5) is 4.95. The van der Waals surface area contributed by atoms with Crippen molar-refractivity contribution in [3.63, 3.8) is 0 Å². The van der Waals surface area contributed by atoms with E-state index >= 15 is 0 Å². The van der Waals surface area contributed by atoms with Crippen molar-refractivity contribution in [1.29, 1.82) is 0 Å². The number of aliphatic hydroxyl groups excluding tert-OH is 1. The molecule has 0 saturated carbocycles. The van der Waals surface area contributed by atoms with Crippen molar-refractivity contribution in [2.24, 2.45) is 5.92 Å². The monoisotopic (exact) mass is 329 g/mol. The Kier molecular flexibility index (Phi) is 9.91. The number of aryl methyl sites for hydroxylation is 1. The zero-order chi connectivity index (χ0) is 16.4. The molecule has 0 radical (unpaired) electrons. The largest absolute Gasteiger partial charge is 0.389 e. The molecule has 1 rings (SSSR count). The second-order valence-electron chi connectivity index (χ2n) is 6.18. The summed E-state index contributed by atoms with van der Waals surface area (Å²) in [5, 5.41) is 10.2. The number of rotatable bonds is 12. The summed E-state index contributed by atoms with van der Waals surface area (Å²) in [7, 11) is 1.72. The third-order valence-electron chi connectivity index (χ3n) is 3.23. The van der Waals surface area contributed by atoms with Crippen LogP contribution in [-0.2, 0) is 16.0 Å². The number of nitrogens with zero attached hydrogens (tertiary/aromatic N) is 1. The molecule has 1 heterocycles. The Morgan fingerprint density at radius 3 is 2.64 bits per heavy atom. The molecule has 0 aliphatic rings. The molecule has 22 heavy (non-hydrogen) atoms. The van der Waals surface area contributed by atoms with Gasteiger partial charge in [0.15, 0.2) is 0 Å². The number of ether oxygens (including phenoxy) is 2. The third kappa shape index (κ3) is 8.86. The van der Waals surface area contributed by atoms with E-state index in [-0.39, 0.29) is 0 Å². The maximum Gasteiger partial charge on any atom is 0.0900 e. The Hall–Kier alpha value is -0.460. The van der Waals surface area contributed by atoms with Crippen LogP contribution < -0.4 is 0 Å². The van der Waals surface area contributed by atoms with Crippen LogP contribution in [0.4, 0.5) is 0 Å². The predicted octanol–water partition coefficient (Wildman–Crippen LogP) is 2.93. The molecule has 0 spiro atoms. The number of hydrogen-bond donors (Lipinski definition) is 1. The standard InChI is InChI=1S/C17H31NO3S/c1-14(2)12-21-13-16(19)10-18(8-5-9-20-4)11-17-7-6-15(3)22-17/h6-7,14,16,19H,5,8-13H2,1-4H3. The summed E-state index contributed by atoms with van der Waals surface area (Å²) in [5.74, 6) is 0.499. The van der Waals surface area contributed by atoms with Crippen LogP contribution in [-0.4, -0.2) is 56.1 Å². The van der Waals surface area contributed by atoms with Gasteiger partial charge in [-0.15, -0.1) is 11.3 Å². The minimum atomic E-state index is -0.442. The summed E-state index contributed by atoms with van der Waals surface area (Å²) < 4.78 is 10.7. The highest BCUT2D eigenvalue weighted by molar-refractivity contribution is 7.11. The summed E-state index contributed by atoms with van der Waals surface area (Å²) in [6, 6.07) is 4.32. The van der Waals surface area contributed by atoms with Gasteiger partial charge in [-0.05, 0) is 31.4 Å². The van der Waals surface area contributed by atoms with Gasteiger partial charge in [-0.2, -0.15) is 0 Å². The topological polar surface area (TPSA) is 41.9 Å². The van der Waals surface area contributed by atoms with Gasteiger partial charge in [-0.3, -0.25) is 4.90 Å². The molecule has 1 unspecified atom stereocenters. The molecule has 4 nitrogen and oxygen atoms in total. The van der Waals surface area contributed by atoms with Crippen molar-refractivity contribution in [2.75, 3.05) is 40.0 Å². The Balaban J connectivity index is 2.42. The molecule has 0 aliphatic heterocycles. The average molecular weight is 330 g/mol. The summed E-state index contributed by atoms with van der Waals surface area (Å²) in [5.41, 5.74) is 0. The quantitative estimate of drug-likeness (QED) is 0.599. The van der Waals surface area contributed by atoms with Gasteiger partial charge in [-0.25, -0.2) is 0 Å². The van der Waals surface area contributed by atoms with Crippen LogP contribution in [0.5, 0.6) is 0 Å². The molecule has 0 amide bonds. The summed E-state index contributed by atoms with van der Waals surface area (Å²) in [6.45, 7) is 10.6. The maximum absolute atomic E-state index is 10.2. The first-order valence-corrected chi connectivity index (χ1v) is 8.85. The predicted molar refractivity (Wildman–Crippen MR) is 92.5 cm³/mol. The highest BCUT2D eigenvalue weighted by Crippen LogP contribution is 2.17. The molecular weight excluding hydrogens is 298 g/mol. The van der Waals surface area contributed by atoms with E-state index in [1.807, 2.05) is 11.3 Å². The first-order chi connectivity index (χ1) is 10.5. The van der Waals surface area contributed by atoms with Crippen molar-refractivity contribution >= 4 is 11.3 Å². The van der Waals surface area contributed by atoms with Gasteiger partial charge < -0.3 is 14.6 Å². The van der Waals surface area contributed by atoms with Crippen LogP contribution >= 0.6 is 11.3 Å². The van der Waals surface area contributed by atoms with Crippen molar-refractivity contribution in [1.82, 2.24) is 4.90 Å². The van der Waals surface area contributed by atoms with Gasteiger partial charge >= 0.3 is 0 Å². The van der Waals surface area contributed by atoms with E-state index in [0.29, 0.717) is 25.7 Å². The van der Waals surface area contributed by atoms with Crippen molar-refractivity contribution in [3.05, 3.63) is 21.9 Å². The van der Waals surface area contributed by atoms with E-state index < -0.39 is 6.10 Å². The average Bonchev–Trinajstić information content (AvgIpc) is 2.83. The van der Waals surface area contributed by atoms with Crippen LogP contribution in [0.2, 0.25) is 0 Å². The normalized spacial score (nSPS) is 13.2. The molecule has 128 valence electrons. The van der Waals surface area contributed by atoms with Gasteiger partial charge in [0, 0.05) is 49.7 Å². The van der Waals surface area contributed by atoms with Crippen LogP contribution in [0.15, 0.2) is 12.1 Å². The first kappa shape index (κ1) is 19.6. The van der Waals surface area contributed by atoms with E-state index in [1.165, 1.54) is 9.75 Å². The molecule has 1 atom stereocenters. The minimum Gasteiger partial charge on any atom is -0.389 e. The van der Waals surface area contributed by atoms with E-state index in [1.54, 1.807) is 7.11 Å². The van der Waals surface area contributed by atoms with Crippen LogP contribution in [0.25, 0.3) is 0 Å². The maximum atomic E-state index is 10.2. The third-order valence-corrected chi connectivity index (χ3v) is 4.21. The molecule has 5 heteroatoms. The van der Waals surface area contributed by atoms with E-state index in [4.69, 9.17) is 9.47 Å². The van der Waals surface area contributed by atoms with Crippen LogP contribution in [0.3, 0.4) is 0 Å². The minimum absolute atomic E-state index is 0.405. The number of hydrogen-bond acceptors (Lipinski definition) is 5. The van der Waals surface area contributed by atoms with Crippen molar-refractivity contribution in [3.8, 4) is 0 Å². The molecule has 0 bridgehead atoms. The molecule has 0 aliphatic carbocycles. The summed E-state index contributed by atoms with van der Waals surface area (Å²) >= 11 is 1.82. The van der Waals surface area contributed by atoms with Crippen molar-refractivity contribution in [2.45, 2.75) is 39.8 Å². The number of thiophene rings is 1. The zero-order valence-corrected chi connectivity index (χ0v) is 15.2. The Bertz CT molecular complexity index is 395. The molecule has 1 N–H and O–H groups in total. The first-order valence-electron chi connectivity index (χ1n) is 8.03. The molecule has 0 saturated heterocycles. The second-order valence-corrected chi connectivity index (χ2v) is 7.55. The highest BCUT2D eigenvalue weighted by atomic mass is 32.1. The van der Waals surface area contributed by atoms with Crippen LogP contribution in [0, 0.1) is 12.8 Å². The lowest BCUT2D eigenvalue weighted by Gasteiger charge is -2.24. The Labute approximate surface area is 139 Å². The zero-order valence-electron chi connectivity index (χ0n) is 14.4. The second kappa shape index (κ2) is 11.1. The lowest BCUT2D eigenvalue weighted by molar-refractivity contribution is 0.00596. The number of methoxy groups -OCH3 is 1.